The summed E-state index contributed by atoms with van der Waals surface area (Å²) in [5, 5.41) is 5.34. The highest BCUT2D eigenvalue weighted by molar-refractivity contribution is 5.89. The smallest absolute Gasteiger partial charge is 0.271 e. The van der Waals surface area contributed by atoms with Gasteiger partial charge in [-0.15, -0.1) is 0 Å². The molecule has 4 aromatic rings. The summed E-state index contributed by atoms with van der Waals surface area (Å²) in [6.07, 6.45) is 5.32. The average molecular weight is 290 g/mol. The summed E-state index contributed by atoms with van der Waals surface area (Å²) in [4.78, 5) is 16.3. The van der Waals surface area contributed by atoms with Crippen LogP contribution in [0.2, 0.25) is 0 Å². The first-order valence-electron chi connectivity index (χ1n) is 7.06. The Kier molecular flexibility index (Phi) is 2.89. The SMILES string of the molecule is O=c1cc(Cn2ccnc2)[nH]n1-c1cccc2ccccc12. The summed E-state index contributed by atoms with van der Waals surface area (Å²) in [5.41, 5.74) is 1.64. The van der Waals surface area contributed by atoms with Crippen LogP contribution in [-0.4, -0.2) is 19.3 Å². The fraction of sp³-hybridized carbons (Fsp3) is 0.0588. The van der Waals surface area contributed by atoms with Gasteiger partial charge in [0.05, 0.1) is 24.3 Å². The number of hydrogen-bond donors (Lipinski definition) is 1. The fourth-order valence-electron chi connectivity index (χ4n) is 2.68. The predicted molar refractivity (Wildman–Crippen MR) is 85.2 cm³/mol. The van der Waals surface area contributed by atoms with E-state index >= 15 is 0 Å². The molecule has 0 saturated carbocycles. The standard InChI is InChI=1S/C17H14N4O/c22-17-10-14(11-20-9-8-18-12-20)19-21(17)16-7-3-5-13-4-1-2-6-15(13)16/h1-10,12,19H,11H2. The van der Waals surface area contributed by atoms with E-state index in [4.69, 9.17) is 0 Å². The van der Waals surface area contributed by atoms with Crippen molar-refractivity contribution in [2.75, 3.05) is 0 Å². The number of aromatic amines is 1. The minimum absolute atomic E-state index is 0.0635. The van der Waals surface area contributed by atoms with Crippen LogP contribution in [0.1, 0.15) is 5.69 Å². The summed E-state index contributed by atoms with van der Waals surface area (Å²) in [6, 6.07) is 15.6. The molecule has 5 heteroatoms. The molecule has 0 saturated heterocycles. The van der Waals surface area contributed by atoms with E-state index in [0.717, 1.165) is 22.2 Å². The molecular formula is C17H14N4O. The van der Waals surface area contributed by atoms with Crippen molar-refractivity contribution in [2.24, 2.45) is 0 Å². The zero-order valence-electron chi connectivity index (χ0n) is 11.8. The molecular weight excluding hydrogens is 276 g/mol. The van der Waals surface area contributed by atoms with E-state index in [1.807, 2.05) is 53.2 Å². The van der Waals surface area contributed by atoms with Crippen LogP contribution in [0, 0.1) is 0 Å². The summed E-state index contributed by atoms with van der Waals surface area (Å²) < 4.78 is 3.51. The number of fused-ring (bicyclic) bond motifs is 1. The highest BCUT2D eigenvalue weighted by atomic mass is 16.1. The van der Waals surface area contributed by atoms with E-state index in [0.29, 0.717) is 6.54 Å². The van der Waals surface area contributed by atoms with Gasteiger partial charge in [-0.25, -0.2) is 9.67 Å². The normalized spacial score (nSPS) is 11.1. The van der Waals surface area contributed by atoms with Crippen LogP contribution in [0.3, 0.4) is 0 Å². The van der Waals surface area contributed by atoms with E-state index in [1.54, 1.807) is 23.3 Å². The number of benzene rings is 2. The van der Waals surface area contributed by atoms with E-state index in [-0.39, 0.29) is 5.56 Å². The first kappa shape index (κ1) is 12.6. The van der Waals surface area contributed by atoms with Crippen LogP contribution >= 0.6 is 0 Å². The first-order valence-corrected chi connectivity index (χ1v) is 7.06. The molecule has 4 rings (SSSR count). The van der Waals surface area contributed by atoms with Gasteiger partial charge in [-0.3, -0.25) is 9.89 Å². The lowest BCUT2D eigenvalue weighted by Crippen LogP contribution is -2.13. The third kappa shape index (κ3) is 2.13. The number of H-pyrrole nitrogens is 1. The maximum Gasteiger partial charge on any atom is 0.271 e. The predicted octanol–water partition coefficient (Wildman–Crippen LogP) is 2.56. The van der Waals surface area contributed by atoms with E-state index < -0.39 is 0 Å². The lowest BCUT2D eigenvalue weighted by Gasteiger charge is -2.07. The summed E-state index contributed by atoms with van der Waals surface area (Å²) in [6.45, 7) is 0.590. The van der Waals surface area contributed by atoms with Gasteiger partial charge in [0.25, 0.3) is 5.56 Å². The fourth-order valence-corrected chi connectivity index (χ4v) is 2.68. The van der Waals surface area contributed by atoms with Crippen LogP contribution in [0.15, 0.2) is 72.0 Å². The highest BCUT2D eigenvalue weighted by Gasteiger charge is 2.08. The van der Waals surface area contributed by atoms with Gasteiger partial charge in [0.15, 0.2) is 0 Å². The zero-order chi connectivity index (χ0) is 14.9. The van der Waals surface area contributed by atoms with Gasteiger partial charge < -0.3 is 4.57 Å². The molecule has 2 heterocycles. The van der Waals surface area contributed by atoms with Crippen LogP contribution < -0.4 is 5.56 Å². The van der Waals surface area contributed by atoms with Crippen LogP contribution in [0.25, 0.3) is 16.5 Å². The molecule has 22 heavy (non-hydrogen) atoms. The molecule has 2 aromatic heterocycles. The minimum atomic E-state index is -0.0635. The van der Waals surface area contributed by atoms with Crippen LogP contribution in [0.4, 0.5) is 0 Å². The number of imidazole rings is 1. The van der Waals surface area contributed by atoms with E-state index in [2.05, 4.69) is 10.1 Å². The Labute approximate surface area is 126 Å². The van der Waals surface area contributed by atoms with E-state index in [1.165, 1.54) is 0 Å². The molecule has 2 aromatic carbocycles. The van der Waals surface area contributed by atoms with Crippen molar-refractivity contribution in [1.29, 1.82) is 0 Å². The number of nitrogens with zero attached hydrogens (tertiary/aromatic N) is 3. The van der Waals surface area contributed by atoms with Crippen molar-refractivity contribution in [3.8, 4) is 5.69 Å². The lowest BCUT2D eigenvalue weighted by atomic mass is 10.1. The number of aromatic nitrogens is 4. The van der Waals surface area contributed by atoms with Crippen molar-refractivity contribution >= 4 is 10.8 Å². The van der Waals surface area contributed by atoms with Crippen molar-refractivity contribution in [3.05, 3.63) is 83.3 Å². The Balaban J connectivity index is 1.82. The lowest BCUT2D eigenvalue weighted by molar-refractivity contribution is 0.742. The summed E-state index contributed by atoms with van der Waals surface area (Å²) in [5.74, 6) is 0. The third-order valence-electron chi connectivity index (χ3n) is 3.69. The molecule has 0 aliphatic rings. The van der Waals surface area contributed by atoms with Crippen molar-refractivity contribution in [2.45, 2.75) is 6.54 Å². The molecule has 108 valence electrons. The van der Waals surface area contributed by atoms with Gasteiger partial charge in [-0.1, -0.05) is 36.4 Å². The second-order valence-electron chi connectivity index (χ2n) is 5.19. The molecule has 0 unspecified atom stereocenters. The third-order valence-corrected chi connectivity index (χ3v) is 3.69. The largest absolute Gasteiger partial charge is 0.332 e. The maximum absolute atomic E-state index is 12.3. The molecule has 0 aliphatic heterocycles. The van der Waals surface area contributed by atoms with Gasteiger partial charge in [0.1, 0.15) is 0 Å². The van der Waals surface area contributed by atoms with Gasteiger partial charge >= 0.3 is 0 Å². The number of hydrogen-bond acceptors (Lipinski definition) is 2. The monoisotopic (exact) mass is 290 g/mol. The van der Waals surface area contributed by atoms with E-state index in [9.17, 15) is 4.79 Å². The minimum Gasteiger partial charge on any atom is -0.332 e. The molecule has 1 N–H and O–H groups in total. The molecule has 0 radical (unpaired) electrons. The Morgan fingerprint density at radius 3 is 2.82 bits per heavy atom. The number of rotatable bonds is 3. The van der Waals surface area contributed by atoms with Gasteiger partial charge in [0.2, 0.25) is 0 Å². The van der Waals surface area contributed by atoms with Gasteiger partial charge in [0, 0.05) is 23.8 Å². The van der Waals surface area contributed by atoms with Crippen LogP contribution in [0.5, 0.6) is 0 Å². The Morgan fingerprint density at radius 2 is 1.95 bits per heavy atom. The van der Waals surface area contributed by atoms with Crippen molar-refractivity contribution < 1.29 is 0 Å². The highest BCUT2D eigenvalue weighted by Crippen LogP contribution is 2.20. The first-order chi connectivity index (χ1) is 10.8. The molecule has 0 amide bonds. The molecule has 0 spiro atoms. The molecule has 0 atom stereocenters. The Bertz CT molecular complexity index is 974. The second kappa shape index (κ2) is 5.04. The molecule has 0 bridgehead atoms. The summed E-state index contributed by atoms with van der Waals surface area (Å²) >= 11 is 0. The topological polar surface area (TPSA) is 55.6 Å². The Morgan fingerprint density at radius 1 is 1.09 bits per heavy atom. The Hall–Kier alpha value is -3.08. The maximum atomic E-state index is 12.3. The van der Waals surface area contributed by atoms with Crippen LogP contribution in [-0.2, 0) is 6.54 Å². The summed E-state index contributed by atoms with van der Waals surface area (Å²) in [7, 11) is 0. The molecule has 0 fully saturated rings. The van der Waals surface area contributed by atoms with Crippen molar-refractivity contribution in [1.82, 2.24) is 19.3 Å². The zero-order valence-corrected chi connectivity index (χ0v) is 11.8. The number of nitrogens with one attached hydrogen (secondary N) is 1. The average Bonchev–Trinajstić information content (AvgIpc) is 3.17. The second-order valence-corrected chi connectivity index (χ2v) is 5.19. The van der Waals surface area contributed by atoms with Gasteiger partial charge in [-0.05, 0) is 11.5 Å². The van der Waals surface area contributed by atoms with Crippen molar-refractivity contribution in [3.63, 3.8) is 0 Å². The quantitative estimate of drug-likeness (QED) is 0.630. The van der Waals surface area contributed by atoms with Gasteiger partial charge in [-0.2, -0.15) is 0 Å². The molecule has 0 aliphatic carbocycles. The molecule has 5 nitrogen and oxygen atoms in total.